The van der Waals surface area contributed by atoms with E-state index in [0.717, 1.165) is 51.4 Å². The molecule has 1 aliphatic rings. The Hall–Kier alpha value is -2.00. The topological polar surface area (TPSA) is 130 Å². The largest absolute Gasteiger partial charge is 0.498 e. The molecule has 0 aromatic carbocycles. The third-order valence-electron chi connectivity index (χ3n) is 8.90. The lowest BCUT2D eigenvalue weighted by atomic mass is 10.1. The number of phosphoric ester groups is 1. The molecule has 3 N–H and O–H groups in total. The highest BCUT2D eigenvalue weighted by Crippen LogP contribution is 2.43. The number of allylic oxidation sites excluding steroid dienone is 8. The summed E-state index contributed by atoms with van der Waals surface area (Å²) >= 11 is 0. The second-order valence-electron chi connectivity index (χ2n) is 13.9. The molecule has 0 amide bonds. The van der Waals surface area contributed by atoms with Gasteiger partial charge in [0.25, 0.3) is 0 Å². The van der Waals surface area contributed by atoms with Gasteiger partial charge in [0.05, 0.1) is 31.7 Å². The third kappa shape index (κ3) is 33.1. The van der Waals surface area contributed by atoms with Crippen LogP contribution < -0.4 is 5.73 Å². The normalized spacial score (nSPS) is 17.9. The molecule has 1 heterocycles. The minimum Gasteiger partial charge on any atom is -0.498 e. The fourth-order valence-electron chi connectivity index (χ4n) is 5.69. The average molecular weight is 766 g/mol. The van der Waals surface area contributed by atoms with E-state index >= 15 is 0 Å². The van der Waals surface area contributed by atoms with E-state index in [9.17, 15) is 14.3 Å². The number of carbonyl (C=O) groups is 1. The van der Waals surface area contributed by atoms with Crippen molar-refractivity contribution in [2.45, 2.75) is 180 Å². The molecule has 10 heteroatoms. The van der Waals surface area contributed by atoms with Gasteiger partial charge < -0.3 is 24.8 Å². The maximum atomic E-state index is 12.5. The first-order valence-corrected chi connectivity index (χ1v) is 22.4. The van der Waals surface area contributed by atoms with Gasteiger partial charge in [0, 0.05) is 13.0 Å². The molecule has 0 spiro atoms. The number of ether oxygens (including phenoxy) is 3. The molecule has 4 atom stereocenters. The SMILES string of the molecule is CCCCCCCC/C=C\CCCCCC/C=C/OC[C@H](COP(=O)(O)OCCN)OC(=O)CCC/C=C\C/C=C\C/C=C\CC1OC1CCCCC. The highest BCUT2D eigenvalue weighted by Gasteiger charge is 2.36. The van der Waals surface area contributed by atoms with Crippen LogP contribution in [0.5, 0.6) is 0 Å². The quantitative estimate of drug-likeness (QED) is 0.0157. The van der Waals surface area contributed by atoms with E-state index in [-0.39, 0.29) is 32.8 Å². The summed E-state index contributed by atoms with van der Waals surface area (Å²) in [5.74, 6) is -0.414. The van der Waals surface area contributed by atoms with Crippen LogP contribution in [-0.4, -0.2) is 55.5 Å². The minimum absolute atomic E-state index is 0.000442. The van der Waals surface area contributed by atoms with Gasteiger partial charge in [-0.3, -0.25) is 13.8 Å². The number of phosphoric acid groups is 1. The highest BCUT2D eigenvalue weighted by atomic mass is 31.2. The van der Waals surface area contributed by atoms with Crippen molar-refractivity contribution in [3.05, 3.63) is 60.9 Å². The average Bonchev–Trinajstić information content (AvgIpc) is 3.90. The molecular weight excluding hydrogens is 689 g/mol. The zero-order valence-electron chi connectivity index (χ0n) is 33.4. The Balaban J connectivity index is 2.21. The van der Waals surface area contributed by atoms with Crippen LogP contribution >= 0.6 is 7.82 Å². The molecule has 306 valence electrons. The van der Waals surface area contributed by atoms with Crippen molar-refractivity contribution in [1.29, 1.82) is 0 Å². The lowest BCUT2D eigenvalue weighted by Crippen LogP contribution is -2.27. The van der Waals surface area contributed by atoms with Gasteiger partial charge in [0.15, 0.2) is 6.10 Å². The van der Waals surface area contributed by atoms with Gasteiger partial charge >= 0.3 is 13.8 Å². The van der Waals surface area contributed by atoms with Gasteiger partial charge in [-0.15, -0.1) is 0 Å². The van der Waals surface area contributed by atoms with Crippen LogP contribution in [0.15, 0.2) is 60.9 Å². The Kier molecular flexibility index (Phi) is 33.0. The van der Waals surface area contributed by atoms with Crippen LogP contribution in [0.4, 0.5) is 0 Å². The number of hydrogen-bond donors (Lipinski definition) is 2. The lowest BCUT2D eigenvalue weighted by molar-refractivity contribution is -0.153. The summed E-state index contributed by atoms with van der Waals surface area (Å²) in [6, 6.07) is 0. The molecule has 0 aromatic heterocycles. The molecule has 53 heavy (non-hydrogen) atoms. The first kappa shape index (κ1) is 49.0. The fraction of sp³-hybridized carbons (Fsp3) is 0.744. The Morgan fingerprint density at radius 2 is 1.26 bits per heavy atom. The first-order valence-electron chi connectivity index (χ1n) is 20.9. The molecule has 3 unspecified atom stereocenters. The second kappa shape index (κ2) is 35.7. The van der Waals surface area contributed by atoms with Gasteiger partial charge in [-0.2, -0.15) is 0 Å². The second-order valence-corrected chi connectivity index (χ2v) is 15.4. The van der Waals surface area contributed by atoms with Crippen LogP contribution in [0.25, 0.3) is 0 Å². The van der Waals surface area contributed by atoms with Gasteiger partial charge in [-0.1, -0.05) is 127 Å². The number of esters is 1. The molecule has 0 aromatic rings. The standard InChI is InChI=1S/C43H76NO8P/c1-3-5-7-8-9-10-11-12-13-14-15-18-21-24-27-31-36-48-38-40(39-50-53(46,47)49-37-35-44)51-43(45)34-30-26-23-20-17-16-19-22-25-29-33-42-41(52-42)32-28-6-4-2/h12-13,16,19-20,23,25,29,31,36,40-42H,3-11,14-15,17-18,21-22,24,26-28,30,32-35,37-39,44H2,1-2H3,(H,46,47)/b13-12-,19-16-,23-20-,29-25-,36-31+/t40-,41?,42?/m1/s1. The van der Waals surface area contributed by atoms with Crippen molar-refractivity contribution in [3.8, 4) is 0 Å². The summed E-state index contributed by atoms with van der Waals surface area (Å²) in [4.78, 5) is 22.4. The van der Waals surface area contributed by atoms with Crippen molar-refractivity contribution in [1.82, 2.24) is 0 Å². The monoisotopic (exact) mass is 766 g/mol. The summed E-state index contributed by atoms with van der Waals surface area (Å²) in [5.41, 5.74) is 5.35. The highest BCUT2D eigenvalue weighted by molar-refractivity contribution is 7.47. The zero-order valence-corrected chi connectivity index (χ0v) is 34.3. The number of epoxide rings is 1. The zero-order chi connectivity index (χ0) is 38.5. The molecule has 9 nitrogen and oxygen atoms in total. The smallest absolute Gasteiger partial charge is 0.472 e. The van der Waals surface area contributed by atoms with Crippen molar-refractivity contribution < 1.29 is 37.5 Å². The Morgan fingerprint density at radius 3 is 1.94 bits per heavy atom. The van der Waals surface area contributed by atoms with Gasteiger partial charge in [0.2, 0.25) is 0 Å². The van der Waals surface area contributed by atoms with Gasteiger partial charge in [0.1, 0.15) is 6.61 Å². The molecule has 1 fully saturated rings. The molecule has 0 bridgehead atoms. The van der Waals surface area contributed by atoms with Crippen LogP contribution in [0.1, 0.15) is 162 Å². The summed E-state index contributed by atoms with van der Waals surface area (Å²) in [5, 5.41) is 0. The predicted molar refractivity (Wildman–Crippen MR) is 219 cm³/mol. The summed E-state index contributed by atoms with van der Waals surface area (Å²) in [6.07, 6.45) is 46.5. The predicted octanol–water partition coefficient (Wildman–Crippen LogP) is 11.5. The van der Waals surface area contributed by atoms with Crippen LogP contribution in [-0.2, 0) is 32.6 Å². The van der Waals surface area contributed by atoms with E-state index in [2.05, 4.69) is 62.5 Å². The maximum Gasteiger partial charge on any atom is 0.472 e. The van der Waals surface area contributed by atoms with Crippen molar-refractivity contribution in [3.63, 3.8) is 0 Å². The van der Waals surface area contributed by atoms with E-state index in [4.69, 9.17) is 29.0 Å². The molecule has 0 saturated carbocycles. The molecular formula is C43H76NO8P. The number of unbranched alkanes of at least 4 members (excludes halogenated alkanes) is 14. The number of rotatable bonds is 38. The maximum absolute atomic E-state index is 12.5. The minimum atomic E-state index is -4.31. The van der Waals surface area contributed by atoms with Crippen LogP contribution in [0, 0.1) is 0 Å². The Labute approximate surface area is 323 Å². The summed E-state index contributed by atoms with van der Waals surface area (Å²) < 4.78 is 38.8. The van der Waals surface area contributed by atoms with E-state index in [1.165, 1.54) is 83.5 Å². The Bertz CT molecular complexity index is 1060. The van der Waals surface area contributed by atoms with Gasteiger partial charge in [-0.05, 0) is 83.1 Å². The Morgan fingerprint density at radius 1 is 0.698 bits per heavy atom. The number of nitrogens with two attached hydrogens (primary N) is 1. The molecule has 1 rings (SSSR count). The van der Waals surface area contributed by atoms with Crippen LogP contribution in [0.2, 0.25) is 0 Å². The van der Waals surface area contributed by atoms with Crippen molar-refractivity contribution in [2.75, 3.05) is 26.4 Å². The number of carbonyl (C=O) groups excluding carboxylic acids is 1. The van der Waals surface area contributed by atoms with Crippen molar-refractivity contribution in [2.24, 2.45) is 5.73 Å². The fourth-order valence-corrected chi connectivity index (χ4v) is 6.45. The molecule has 0 radical (unpaired) electrons. The third-order valence-corrected chi connectivity index (χ3v) is 9.88. The van der Waals surface area contributed by atoms with Crippen molar-refractivity contribution >= 4 is 13.8 Å². The molecule has 1 aliphatic heterocycles. The molecule has 0 aliphatic carbocycles. The van der Waals surface area contributed by atoms with E-state index < -0.39 is 19.9 Å². The van der Waals surface area contributed by atoms with Crippen LogP contribution in [0.3, 0.4) is 0 Å². The first-order chi connectivity index (χ1) is 25.9. The molecule has 1 saturated heterocycles. The lowest BCUT2D eigenvalue weighted by Gasteiger charge is -2.19. The van der Waals surface area contributed by atoms with Gasteiger partial charge in [-0.25, -0.2) is 4.57 Å². The summed E-state index contributed by atoms with van der Waals surface area (Å²) in [6.45, 7) is 4.11. The summed E-state index contributed by atoms with van der Waals surface area (Å²) in [7, 11) is -4.31. The number of hydrogen-bond acceptors (Lipinski definition) is 8. The van der Waals surface area contributed by atoms with E-state index in [1.807, 2.05) is 6.08 Å². The van der Waals surface area contributed by atoms with E-state index in [0.29, 0.717) is 18.6 Å². The van der Waals surface area contributed by atoms with E-state index in [1.54, 1.807) is 6.26 Å².